The van der Waals surface area contributed by atoms with E-state index in [0.717, 1.165) is 23.2 Å². The second-order valence-corrected chi connectivity index (χ2v) is 8.64. The van der Waals surface area contributed by atoms with Gasteiger partial charge in [0.05, 0.1) is 0 Å². The SMILES string of the molecule is CC1=NS(=O)ON1.Cc1nc(=S)s[nH]1.Cc1ncn[nH]1.Cc1noc(=O)[nH]1.Cc1nsc(=O)[nH]1. The second kappa shape index (κ2) is 15.6. The lowest BCUT2D eigenvalue weighted by Crippen LogP contribution is -2.11. The molecule has 0 bridgehead atoms. The Kier molecular flexibility index (Phi) is 13.2. The Hall–Kier alpha value is -3.20. The molecule has 0 aliphatic carbocycles. The van der Waals surface area contributed by atoms with Crippen LogP contribution in [0.2, 0.25) is 0 Å². The Balaban J connectivity index is 0.000000213. The minimum absolute atomic E-state index is 0.0856. The van der Waals surface area contributed by atoms with Crippen molar-refractivity contribution in [2.24, 2.45) is 4.40 Å². The maximum atomic E-state index is 10.2. The van der Waals surface area contributed by atoms with Crippen molar-refractivity contribution in [1.82, 2.24) is 49.5 Å². The van der Waals surface area contributed by atoms with Gasteiger partial charge in [0.25, 0.3) is 0 Å². The van der Waals surface area contributed by atoms with E-state index in [1.54, 1.807) is 20.8 Å². The molecule has 1 unspecified atom stereocenters. The molecule has 186 valence electrons. The molecule has 0 spiro atoms. The van der Waals surface area contributed by atoms with E-state index >= 15 is 0 Å². The first-order valence-corrected chi connectivity index (χ1v) is 11.9. The van der Waals surface area contributed by atoms with Crippen LogP contribution >= 0.6 is 35.3 Å². The van der Waals surface area contributed by atoms with E-state index in [1.807, 2.05) is 13.8 Å². The maximum absolute atomic E-state index is 10.2. The standard InChI is InChI=1S/C3H5N3.C3H4N2O2.C3H4N2OS.C3H4N2S2.C2H4N2O2S/c1-3-4-2-5-6-3;3*1-2-4-3(6)7-5-2;1-2-3-6-7(5)4-2/h2H,1H3,(H,4,5,6);3*1H3,(H,4,5,6);1H3,(H,3,4). The zero-order chi connectivity index (χ0) is 25.5. The quantitative estimate of drug-likeness (QED) is 0.193. The lowest BCUT2D eigenvalue weighted by molar-refractivity contribution is 0.304. The predicted octanol–water partition coefficient (Wildman–Crippen LogP) is 0.952. The van der Waals surface area contributed by atoms with Crippen molar-refractivity contribution in [3.05, 3.63) is 53.8 Å². The maximum Gasteiger partial charge on any atom is 0.438 e. The summed E-state index contributed by atoms with van der Waals surface area (Å²) in [5.74, 6) is 3.00. The van der Waals surface area contributed by atoms with Crippen molar-refractivity contribution in [2.75, 3.05) is 0 Å². The molecule has 4 aromatic heterocycles. The molecule has 4 aromatic rings. The number of H-pyrrole nitrogens is 4. The minimum atomic E-state index is -1.48. The highest BCUT2D eigenvalue weighted by molar-refractivity contribution is 7.79. The molecular formula is C14H21N11O5S4. The van der Waals surface area contributed by atoms with Crippen LogP contribution in [0.3, 0.4) is 0 Å². The van der Waals surface area contributed by atoms with Gasteiger partial charge in [0.15, 0.2) is 3.95 Å². The summed E-state index contributed by atoms with van der Waals surface area (Å²) in [6, 6.07) is 0. The fourth-order valence-corrected chi connectivity index (χ4v) is 3.09. The average molecular weight is 552 g/mol. The normalized spacial score (nSPS) is 13.3. The van der Waals surface area contributed by atoms with Gasteiger partial charge >= 0.3 is 21.9 Å². The van der Waals surface area contributed by atoms with E-state index in [-0.39, 0.29) is 4.87 Å². The van der Waals surface area contributed by atoms with Gasteiger partial charge in [0.1, 0.15) is 35.5 Å². The van der Waals surface area contributed by atoms with Gasteiger partial charge in [-0.1, -0.05) is 5.16 Å². The molecule has 16 nitrogen and oxygen atoms in total. The molecule has 0 aromatic carbocycles. The number of aromatic nitrogens is 9. The summed E-state index contributed by atoms with van der Waals surface area (Å²) in [7, 11) is 0. The lowest BCUT2D eigenvalue weighted by Gasteiger charge is -1.83. The molecule has 0 amide bonds. The summed E-state index contributed by atoms with van der Waals surface area (Å²) >= 11 is 5.56. The van der Waals surface area contributed by atoms with Crippen LogP contribution in [-0.2, 0) is 15.6 Å². The summed E-state index contributed by atoms with van der Waals surface area (Å²) in [5.41, 5.74) is 2.32. The van der Waals surface area contributed by atoms with Crippen molar-refractivity contribution in [2.45, 2.75) is 34.6 Å². The highest BCUT2D eigenvalue weighted by atomic mass is 32.2. The molecule has 0 fully saturated rings. The molecular weight excluding hydrogens is 530 g/mol. The number of rotatable bonds is 0. The summed E-state index contributed by atoms with van der Waals surface area (Å²) in [6.07, 6.45) is 1.48. The van der Waals surface area contributed by atoms with E-state index in [0.29, 0.717) is 21.4 Å². The molecule has 5 heterocycles. The summed E-state index contributed by atoms with van der Waals surface area (Å²) in [4.78, 5) is 32.5. The average Bonchev–Trinajstić information content (AvgIpc) is 3.59. The van der Waals surface area contributed by atoms with Gasteiger partial charge < -0.3 is 0 Å². The van der Waals surface area contributed by atoms with Crippen molar-refractivity contribution in [1.29, 1.82) is 0 Å². The Morgan fingerprint density at radius 3 is 1.91 bits per heavy atom. The van der Waals surface area contributed by atoms with Crippen LogP contribution in [0.25, 0.3) is 0 Å². The van der Waals surface area contributed by atoms with Crippen LogP contribution in [0.15, 0.2) is 24.8 Å². The Labute approximate surface area is 207 Å². The Bertz CT molecular complexity index is 1200. The molecule has 5 N–H and O–H groups in total. The molecule has 1 atom stereocenters. The highest BCUT2D eigenvalue weighted by Crippen LogP contribution is 1.94. The number of nitrogens with zero attached hydrogens (tertiary/aromatic N) is 6. The number of aromatic amines is 4. The van der Waals surface area contributed by atoms with Gasteiger partial charge in [0.2, 0.25) is 0 Å². The minimum Gasteiger partial charge on any atom is -0.300 e. The first-order valence-electron chi connectivity index (χ1n) is 8.85. The number of hydroxylamine groups is 1. The topological polar surface area (TPSA) is 226 Å². The molecule has 20 heteroatoms. The predicted molar refractivity (Wildman–Crippen MR) is 128 cm³/mol. The van der Waals surface area contributed by atoms with E-state index in [2.05, 4.69) is 62.7 Å². The first kappa shape index (κ1) is 28.8. The third kappa shape index (κ3) is 14.1. The fraction of sp³-hybridized carbons (Fsp3) is 0.357. The number of hydrogen-bond acceptors (Lipinski definition) is 14. The van der Waals surface area contributed by atoms with Crippen LogP contribution in [0.4, 0.5) is 0 Å². The van der Waals surface area contributed by atoms with Gasteiger partial charge in [-0.2, -0.15) is 13.8 Å². The summed E-state index contributed by atoms with van der Waals surface area (Å²) in [6.45, 7) is 8.80. The number of hydrogen-bond donors (Lipinski definition) is 5. The second-order valence-electron chi connectivity index (χ2n) is 5.68. The van der Waals surface area contributed by atoms with Crippen molar-refractivity contribution in [3.8, 4) is 0 Å². The zero-order valence-corrected chi connectivity index (χ0v) is 21.7. The third-order valence-corrected chi connectivity index (χ3v) is 4.94. The Morgan fingerprint density at radius 1 is 1.03 bits per heavy atom. The molecule has 34 heavy (non-hydrogen) atoms. The van der Waals surface area contributed by atoms with Crippen LogP contribution in [0, 0.1) is 31.6 Å². The van der Waals surface area contributed by atoms with E-state index < -0.39 is 17.0 Å². The summed E-state index contributed by atoms with van der Waals surface area (Å²) in [5, 5.41) is 9.50. The van der Waals surface area contributed by atoms with Gasteiger partial charge in [-0.25, -0.2) is 24.5 Å². The molecule has 0 radical (unpaired) electrons. The Morgan fingerprint density at radius 2 is 1.76 bits per heavy atom. The molecule has 1 aliphatic rings. The van der Waals surface area contributed by atoms with Gasteiger partial charge in [-0.15, -0.1) is 4.40 Å². The van der Waals surface area contributed by atoms with Gasteiger partial charge in [-0.3, -0.25) is 28.8 Å². The molecule has 1 aliphatic heterocycles. The molecule has 0 saturated heterocycles. The highest BCUT2D eigenvalue weighted by Gasteiger charge is 2.05. The first-order chi connectivity index (χ1) is 16.0. The number of aryl methyl sites for hydroxylation is 4. The van der Waals surface area contributed by atoms with Crippen molar-refractivity contribution >= 4 is 52.4 Å². The van der Waals surface area contributed by atoms with E-state index in [4.69, 9.17) is 12.2 Å². The monoisotopic (exact) mass is 551 g/mol. The van der Waals surface area contributed by atoms with Crippen molar-refractivity contribution < 1.29 is 13.0 Å². The van der Waals surface area contributed by atoms with Crippen LogP contribution in [0.5, 0.6) is 0 Å². The van der Waals surface area contributed by atoms with Crippen molar-refractivity contribution in [3.63, 3.8) is 0 Å². The third-order valence-electron chi connectivity index (χ3n) is 2.65. The van der Waals surface area contributed by atoms with E-state index in [1.165, 1.54) is 17.9 Å². The van der Waals surface area contributed by atoms with Crippen LogP contribution < -0.4 is 16.1 Å². The molecule has 0 saturated carbocycles. The lowest BCUT2D eigenvalue weighted by atomic mass is 10.7. The van der Waals surface area contributed by atoms with Crippen LogP contribution in [-0.4, -0.2) is 54.1 Å². The largest absolute Gasteiger partial charge is 0.438 e. The van der Waals surface area contributed by atoms with Gasteiger partial charge in [-0.05, 0) is 58.4 Å². The number of nitrogens with one attached hydrogen (secondary N) is 5. The fourth-order valence-electron chi connectivity index (χ4n) is 1.42. The summed E-state index contributed by atoms with van der Waals surface area (Å²) < 4.78 is 29.2. The molecule has 5 rings (SSSR count). The van der Waals surface area contributed by atoms with Crippen LogP contribution in [0.1, 0.15) is 30.2 Å². The number of amidine groups is 1. The smallest absolute Gasteiger partial charge is 0.300 e. The van der Waals surface area contributed by atoms with Gasteiger partial charge in [0, 0.05) is 11.5 Å². The zero-order valence-electron chi connectivity index (χ0n) is 18.4. The van der Waals surface area contributed by atoms with E-state index in [9.17, 15) is 13.8 Å².